The third-order valence-electron chi connectivity index (χ3n) is 5.65. The first-order chi connectivity index (χ1) is 13.2. The van der Waals surface area contributed by atoms with E-state index in [-0.39, 0.29) is 5.92 Å². The molecule has 0 saturated heterocycles. The van der Waals surface area contributed by atoms with Crippen molar-refractivity contribution in [2.24, 2.45) is 16.7 Å². The highest BCUT2D eigenvalue weighted by Gasteiger charge is 2.78. The molecule has 1 aliphatic carbocycles. The Labute approximate surface area is 181 Å². The predicted octanol–water partition coefficient (Wildman–Crippen LogP) is 6.44. The van der Waals surface area contributed by atoms with Gasteiger partial charge in [-0.15, -0.1) is 0 Å². The van der Waals surface area contributed by atoms with Gasteiger partial charge < -0.3 is 9.84 Å². The molecular formula is C22H19Br2NO3. The Morgan fingerprint density at radius 3 is 2.39 bits per heavy atom. The summed E-state index contributed by atoms with van der Waals surface area (Å²) in [5.41, 5.74) is -1.17. The molecule has 1 aliphatic rings. The van der Waals surface area contributed by atoms with Crippen LogP contribution in [-0.4, -0.2) is 11.1 Å². The number of benzene rings is 2. The molecule has 2 aromatic carbocycles. The number of allylic oxidation sites excluding steroid dienone is 1. The lowest BCUT2D eigenvalue weighted by molar-refractivity contribution is -0.145. The van der Waals surface area contributed by atoms with Gasteiger partial charge in [-0.25, -0.2) is 0 Å². The lowest BCUT2D eigenvalue weighted by Gasteiger charge is -2.22. The number of nitriles is 1. The number of hydrogen-bond donors (Lipinski definition) is 1. The van der Waals surface area contributed by atoms with E-state index in [1.807, 2.05) is 50.3 Å². The predicted molar refractivity (Wildman–Crippen MR) is 115 cm³/mol. The molecule has 0 heterocycles. The van der Waals surface area contributed by atoms with E-state index in [1.165, 1.54) is 0 Å². The number of halogens is 2. The maximum atomic E-state index is 12.4. The van der Waals surface area contributed by atoms with Crippen LogP contribution in [0, 0.1) is 28.1 Å². The number of rotatable bonds is 6. The van der Waals surface area contributed by atoms with Gasteiger partial charge in [-0.1, -0.05) is 50.3 Å². The number of para-hydroxylation sites is 1. The molecule has 1 unspecified atom stereocenters. The fourth-order valence-electron chi connectivity index (χ4n) is 4.21. The summed E-state index contributed by atoms with van der Waals surface area (Å²) in [6, 6.07) is 18.7. The summed E-state index contributed by atoms with van der Waals surface area (Å²) in [6.07, 6.45) is 1.82. The lowest BCUT2D eigenvalue weighted by Crippen LogP contribution is -2.28. The van der Waals surface area contributed by atoms with Gasteiger partial charge in [0.15, 0.2) is 0 Å². The van der Waals surface area contributed by atoms with E-state index < -0.39 is 22.7 Å². The molecule has 0 amide bonds. The van der Waals surface area contributed by atoms with E-state index >= 15 is 0 Å². The Balaban J connectivity index is 2.01. The Kier molecular flexibility index (Phi) is 5.69. The van der Waals surface area contributed by atoms with E-state index in [0.29, 0.717) is 20.5 Å². The largest absolute Gasteiger partial charge is 0.481 e. The molecule has 1 N–H and O–H groups in total. The molecule has 6 heteroatoms. The summed E-state index contributed by atoms with van der Waals surface area (Å²) in [5, 5.41) is 20.1. The van der Waals surface area contributed by atoms with Crippen LogP contribution in [0.3, 0.4) is 0 Å². The molecular weight excluding hydrogens is 486 g/mol. The molecule has 0 aromatic heterocycles. The Morgan fingerprint density at radius 1 is 1.18 bits per heavy atom. The van der Waals surface area contributed by atoms with E-state index in [0.717, 1.165) is 0 Å². The van der Waals surface area contributed by atoms with Crippen LogP contribution in [0.25, 0.3) is 0 Å². The normalized spacial score (nSPS) is 23.2. The molecule has 28 heavy (non-hydrogen) atoms. The summed E-state index contributed by atoms with van der Waals surface area (Å²) >= 11 is 6.65. The van der Waals surface area contributed by atoms with Crippen LogP contribution in [0.1, 0.15) is 25.3 Å². The highest BCUT2D eigenvalue weighted by molar-refractivity contribution is 9.28. The van der Waals surface area contributed by atoms with Crippen molar-refractivity contribution < 1.29 is 14.6 Å². The topological polar surface area (TPSA) is 70.3 Å². The second kappa shape index (κ2) is 7.73. The molecule has 144 valence electrons. The van der Waals surface area contributed by atoms with Gasteiger partial charge in [0.05, 0.1) is 15.4 Å². The van der Waals surface area contributed by atoms with E-state index in [9.17, 15) is 15.2 Å². The van der Waals surface area contributed by atoms with Crippen molar-refractivity contribution >= 4 is 37.8 Å². The van der Waals surface area contributed by atoms with Crippen molar-refractivity contribution in [2.75, 3.05) is 0 Å². The van der Waals surface area contributed by atoms with Crippen LogP contribution < -0.4 is 4.74 Å². The Morgan fingerprint density at radius 2 is 1.82 bits per heavy atom. The maximum Gasteiger partial charge on any atom is 0.312 e. The summed E-state index contributed by atoms with van der Waals surface area (Å²) in [7, 11) is 0. The molecule has 4 nitrogen and oxygen atoms in total. The van der Waals surface area contributed by atoms with Crippen LogP contribution in [0.2, 0.25) is 0 Å². The first kappa shape index (κ1) is 20.6. The number of aliphatic carboxylic acids is 1. The molecule has 0 aliphatic heterocycles. The Hall–Kier alpha value is -2.10. The van der Waals surface area contributed by atoms with Crippen LogP contribution >= 0.6 is 31.9 Å². The van der Waals surface area contributed by atoms with Gasteiger partial charge in [-0.05, 0) is 67.1 Å². The number of carboxylic acids is 1. The Bertz CT molecular complexity index is 961. The molecule has 2 aromatic rings. The molecule has 3 rings (SSSR count). The van der Waals surface area contributed by atoms with Gasteiger partial charge in [-0.3, -0.25) is 4.79 Å². The molecule has 1 saturated carbocycles. The average Bonchev–Trinajstić information content (AvgIpc) is 3.12. The van der Waals surface area contributed by atoms with Gasteiger partial charge in [0.25, 0.3) is 0 Å². The van der Waals surface area contributed by atoms with Crippen molar-refractivity contribution in [3.8, 4) is 17.6 Å². The SMILES string of the molecule is CC1(C)C(C=C(Br)Br)[C@@]1(C(=O)O)[C@H](C#N)c1cccc(Oc2ccccc2)c1. The first-order valence-electron chi connectivity index (χ1n) is 8.73. The first-order valence-corrected chi connectivity index (χ1v) is 10.3. The number of carbonyl (C=O) groups is 1. The zero-order valence-electron chi connectivity index (χ0n) is 15.4. The van der Waals surface area contributed by atoms with Crippen molar-refractivity contribution in [3.63, 3.8) is 0 Å². The van der Waals surface area contributed by atoms with Crippen LogP contribution in [0.5, 0.6) is 11.5 Å². The highest BCUT2D eigenvalue weighted by Crippen LogP contribution is 2.75. The number of nitrogens with zero attached hydrogens (tertiary/aromatic N) is 1. The van der Waals surface area contributed by atoms with Gasteiger partial charge in [0, 0.05) is 5.92 Å². The van der Waals surface area contributed by atoms with Gasteiger partial charge in [0.1, 0.15) is 16.9 Å². The van der Waals surface area contributed by atoms with Crippen LogP contribution in [0.4, 0.5) is 0 Å². The van der Waals surface area contributed by atoms with Gasteiger partial charge >= 0.3 is 5.97 Å². The summed E-state index contributed by atoms with van der Waals surface area (Å²) in [5.74, 6) is -0.843. The molecule has 1 fully saturated rings. The summed E-state index contributed by atoms with van der Waals surface area (Å²) < 4.78 is 6.55. The van der Waals surface area contributed by atoms with Crippen LogP contribution in [0.15, 0.2) is 64.1 Å². The van der Waals surface area contributed by atoms with Crippen molar-refractivity contribution in [1.82, 2.24) is 0 Å². The van der Waals surface area contributed by atoms with E-state index in [1.54, 1.807) is 24.3 Å². The van der Waals surface area contributed by atoms with Crippen LogP contribution in [-0.2, 0) is 4.79 Å². The lowest BCUT2D eigenvalue weighted by atomic mass is 9.78. The minimum Gasteiger partial charge on any atom is -0.481 e. The summed E-state index contributed by atoms with van der Waals surface area (Å²) in [4.78, 5) is 12.4. The zero-order chi connectivity index (χ0) is 20.5. The molecule has 3 atom stereocenters. The van der Waals surface area contributed by atoms with Gasteiger partial charge in [-0.2, -0.15) is 5.26 Å². The third kappa shape index (κ3) is 3.38. The number of carboxylic acid groups (broad SMARTS) is 1. The molecule has 0 bridgehead atoms. The minimum absolute atomic E-state index is 0.297. The average molecular weight is 505 g/mol. The van der Waals surface area contributed by atoms with E-state index in [2.05, 4.69) is 37.9 Å². The van der Waals surface area contributed by atoms with Crippen molar-refractivity contribution in [1.29, 1.82) is 5.26 Å². The number of ether oxygens (including phenoxy) is 1. The summed E-state index contributed by atoms with van der Waals surface area (Å²) in [6.45, 7) is 3.78. The monoisotopic (exact) mass is 503 g/mol. The molecule has 0 spiro atoms. The number of hydrogen-bond acceptors (Lipinski definition) is 3. The second-order valence-electron chi connectivity index (χ2n) is 7.38. The maximum absolute atomic E-state index is 12.4. The fraction of sp³-hybridized carbons (Fsp3) is 0.273. The van der Waals surface area contributed by atoms with Crippen molar-refractivity contribution in [2.45, 2.75) is 19.8 Å². The smallest absolute Gasteiger partial charge is 0.312 e. The minimum atomic E-state index is -1.22. The van der Waals surface area contributed by atoms with Crippen molar-refractivity contribution in [3.05, 3.63) is 69.6 Å². The third-order valence-corrected chi connectivity index (χ3v) is 6.18. The van der Waals surface area contributed by atoms with Gasteiger partial charge in [0.2, 0.25) is 0 Å². The van der Waals surface area contributed by atoms with E-state index in [4.69, 9.17) is 4.74 Å². The fourth-order valence-corrected chi connectivity index (χ4v) is 4.74. The quantitative estimate of drug-likeness (QED) is 0.491. The molecule has 0 radical (unpaired) electrons. The highest BCUT2D eigenvalue weighted by atomic mass is 79.9. The zero-order valence-corrected chi connectivity index (χ0v) is 18.6. The standard InChI is InChI=1S/C22H19Br2NO3/c1-21(2)18(12-19(23)24)22(21,20(26)27)17(13-25)14-7-6-10-16(11-14)28-15-8-4-3-5-9-15/h3-12,17-18H,1-2H3,(H,26,27)/t17-,18?,22-/m1/s1. The second-order valence-corrected chi connectivity index (χ2v) is 10.2.